The molecule has 30 heavy (non-hydrogen) atoms. The van der Waals surface area contributed by atoms with Crippen molar-refractivity contribution in [3.8, 4) is 22.8 Å². The summed E-state index contributed by atoms with van der Waals surface area (Å²) in [4.78, 5) is 24.6. The first-order valence-electron chi connectivity index (χ1n) is 9.22. The minimum Gasteiger partial charge on any atom is -0.330 e. The predicted octanol–water partition coefficient (Wildman–Crippen LogP) is 3.89. The number of hydrogen-bond acceptors (Lipinski definition) is 5. The Kier molecular flexibility index (Phi) is 4.59. The van der Waals surface area contributed by atoms with Gasteiger partial charge < -0.3 is 4.90 Å². The van der Waals surface area contributed by atoms with E-state index in [-0.39, 0.29) is 24.1 Å². The molecule has 4 aromatic rings. The van der Waals surface area contributed by atoms with Crippen molar-refractivity contribution >= 4 is 17.2 Å². The second kappa shape index (κ2) is 7.42. The number of fused-ring (bicyclic) bond motifs is 1. The fraction of sp³-hybridized carbons (Fsp3) is 0.143. The Bertz CT molecular complexity index is 1200. The zero-order valence-corrected chi connectivity index (χ0v) is 16.4. The molecule has 2 aromatic heterocycles. The van der Waals surface area contributed by atoms with Crippen LogP contribution in [0.1, 0.15) is 10.6 Å². The summed E-state index contributed by atoms with van der Waals surface area (Å²) in [6.45, 7) is 0.989. The largest absolute Gasteiger partial charge is 0.330 e. The molecule has 0 spiro atoms. The van der Waals surface area contributed by atoms with Gasteiger partial charge in [-0.15, -0.1) is 16.4 Å². The van der Waals surface area contributed by atoms with Crippen LogP contribution in [0.4, 0.5) is 8.78 Å². The Hall–Kier alpha value is -3.46. The first-order valence-corrected chi connectivity index (χ1v) is 10.1. The number of aromatic nitrogens is 4. The van der Waals surface area contributed by atoms with Crippen LogP contribution in [0, 0.1) is 11.6 Å². The van der Waals surface area contributed by atoms with Crippen LogP contribution in [-0.4, -0.2) is 30.6 Å². The zero-order valence-electron chi connectivity index (χ0n) is 15.6. The van der Waals surface area contributed by atoms with Gasteiger partial charge in [0.05, 0.1) is 24.3 Å². The molecule has 0 bridgehead atoms. The van der Waals surface area contributed by atoms with Crippen LogP contribution in [0.25, 0.3) is 22.8 Å². The number of carbonyl (C=O) groups is 1. The maximum absolute atomic E-state index is 13.4. The Morgan fingerprint density at radius 2 is 1.63 bits per heavy atom. The predicted molar refractivity (Wildman–Crippen MR) is 107 cm³/mol. The molecular formula is C21H15F2N5OS. The Balaban J connectivity index is 1.47. The van der Waals surface area contributed by atoms with E-state index in [1.54, 1.807) is 34.7 Å². The average molecular weight is 423 g/mol. The van der Waals surface area contributed by atoms with Gasteiger partial charge in [0.25, 0.3) is 0 Å². The number of halogens is 2. The minimum atomic E-state index is -0.365. The first kappa shape index (κ1) is 18.6. The van der Waals surface area contributed by atoms with E-state index >= 15 is 0 Å². The standard InChI is InChI=1S/C21H15F2N5OS/c22-15-5-1-13(2-6-15)20-25-21(14-3-7-16(23)8-4-14)28(26-20)11-19(29)27-9-17-18(10-27)30-12-24-17/h1-8,12H,9-11H2. The molecule has 0 radical (unpaired) electrons. The Morgan fingerprint density at radius 3 is 2.30 bits per heavy atom. The van der Waals surface area contributed by atoms with E-state index in [0.29, 0.717) is 35.9 Å². The normalized spacial score (nSPS) is 12.9. The van der Waals surface area contributed by atoms with Crippen LogP contribution in [0.3, 0.4) is 0 Å². The van der Waals surface area contributed by atoms with Crippen LogP contribution >= 0.6 is 11.3 Å². The summed E-state index contributed by atoms with van der Waals surface area (Å²) < 4.78 is 28.2. The van der Waals surface area contributed by atoms with Crippen LogP contribution in [0.15, 0.2) is 54.0 Å². The summed E-state index contributed by atoms with van der Waals surface area (Å²) >= 11 is 1.54. The van der Waals surface area contributed by atoms with E-state index in [1.807, 2.05) is 0 Å². The molecule has 1 amide bonds. The topological polar surface area (TPSA) is 63.9 Å². The SMILES string of the molecule is O=C(Cn1nc(-c2ccc(F)cc2)nc1-c1ccc(F)cc1)N1Cc2ncsc2C1. The van der Waals surface area contributed by atoms with Crippen molar-refractivity contribution in [1.29, 1.82) is 0 Å². The summed E-state index contributed by atoms with van der Waals surface area (Å²) in [5.74, 6) is -0.0317. The quantitative estimate of drug-likeness (QED) is 0.500. The van der Waals surface area contributed by atoms with Crippen molar-refractivity contribution in [3.63, 3.8) is 0 Å². The number of thiazole rings is 1. The monoisotopic (exact) mass is 423 g/mol. The summed E-state index contributed by atoms with van der Waals surface area (Å²) in [7, 11) is 0. The molecule has 1 aliphatic rings. The molecule has 6 nitrogen and oxygen atoms in total. The number of benzene rings is 2. The number of nitrogens with zero attached hydrogens (tertiary/aromatic N) is 5. The van der Waals surface area contributed by atoms with Crippen LogP contribution in [0.5, 0.6) is 0 Å². The molecule has 0 N–H and O–H groups in total. The van der Waals surface area contributed by atoms with Gasteiger partial charge in [-0.25, -0.2) is 23.4 Å². The summed E-state index contributed by atoms with van der Waals surface area (Å²) in [6, 6.07) is 11.7. The van der Waals surface area contributed by atoms with E-state index in [2.05, 4.69) is 15.1 Å². The highest BCUT2D eigenvalue weighted by atomic mass is 32.1. The highest BCUT2D eigenvalue weighted by molar-refractivity contribution is 7.09. The van der Waals surface area contributed by atoms with E-state index < -0.39 is 0 Å². The molecule has 5 rings (SSSR count). The maximum Gasteiger partial charge on any atom is 0.245 e. The Morgan fingerprint density at radius 1 is 0.967 bits per heavy atom. The lowest BCUT2D eigenvalue weighted by atomic mass is 10.2. The van der Waals surface area contributed by atoms with Gasteiger partial charge in [-0.05, 0) is 48.5 Å². The highest BCUT2D eigenvalue weighted by Crippen LogP contribution is 2.27. The van der Waals surface area contributed by atoms with Gasteiger partial charge in [-0.2, -0.15) is 0 Å². The molecule has 150 valence electrons. The number of amides is 1. The second-order valence-corrected chi connectivity index (χ2v) is 7.84. The summed E-state index contributed by atoms with van der Waals surface area (Å²) in [5, 5.41) is 4.49. The van der Waals surface area contributed by atoms with Crippen molar-refractivity contribution in [2.24, 2.45) is 0 Å². The molecule has 0 saturated heterocycles. The van der Waals surface area contributed by atoms with Crippen LogP contribution in [0.2, 0.25) is 0 Å². The van der Waals surface area contributed by atoms with Gasteiger partial charge in [0.2, 0.25) is 5.91 Å². The Labute approximate surface area is 174 Å². The molecule has 2 aromatic carbocycles. The van der Waals surface area contributed by atoms with Gasteiger partial charge >= 0.3 is 0 Å². The molecular weight excluding hydrogens is 408 g/mol. The van der Waals surface area contributed by atoms with E-state index in [9.17, 15) is 13.6 Å². The minimum absolute atomic E-state index is 0.0180. The molecule has 9 heteroatoms. The van der Waals surface area contributed by atoms with Crippen molar-refractivity contribution in [2.45, 2.75) is 19.6 Å². The van der Waals surface area contributed by atoms with E-state index in [4.69, 9.17) is 0 Å². The third-order valence-electron chi connectivity index (χ3n) is 4.91. The van der Waals surface area contributed by atoms with Crippen molar-refractivity contribution in [1.82, 2.24) is 24.6 Å². The lowest BCUT2D eigenvalue weighted by Gasteiger charge is -2.15. The van der Waals surface area contributed by atoms with Crippen molar-refractivity contribution in [3.05, 3.63) is 76.2 Å². The van der Waals surface area contributed by atoms with Crippen molar-refractivity contribution in [2.75, 3.05) is 0 Å². The lowest BCUT2D eigenvalue weighted by molar-refractivity contribution is -0.132. The zero-order chi connectivity index (χ0) is 20.7. The van der Waals surface area contributed by atoms with Gasteiger partial charge in [0.15, 0.2) is 11.6 Å². The van der Waals surface area contributed by atoms with Crippen molar-refractivity contribution < 1.29 is 13.6 Å². The van der Waals surface area contributed by atoms with Crippen LogP contribution in [-0.2, 0) is 24.4 Å². The molecule has 0 unspecified atom stereocenters. The number of rotatable bonds is 4. The highest BCUT2D eigenvalue weighted by Gasteiger charge is 2.27. The average Bonchev–Trinajstić information content (AvgIpc) is 3.44. The fourth-order valence-corrected chi connectivity index (χ4v) is 4.14. The van der Waals surface area contributed by atoms with E-state index in [1.165, 1.54) is 40.3 Å². The number of carbonyl (C=O) groups excluding carboxylic acids is 1. The van der Waals surface area contributed by atoms with Gasteiger partial charge in [-0.3, -0.25) is 4.79 Å². The molecule has 0 saturated carbocycles. The molecule has 0 fully saturated rings. The molecule has 1 aliphatic heterocycles. The van der Waals surface area contributed by atoms with E-state index in [0.717, 1.165) is 10.6 Å². The second-order valence-electron chi connectivity index (χ2n) is 6.90. The first-order chi connectivity index (χ1) is 14.6. The maximum atomic E-state index is 13.4. The summed E-state index contributed by atoms with van der Waals surface area (Å²) in [6.07, 6.45) is 0. The van der Waals surface area contributed by atoms with Gasteiger partial charge in [0, 0.05) is 16.0 Å². The van der Waals surface area contributed by atoms with Crippen LogP contribution < -0.4 is 0 Å². The lowest BCUT2D eigenvalue weighted by Crippen LogP contribution is -2.30. The smallest absolute Gasteiger partial charge is 0.245 e. The number of hydrogen-bond donors (Lipinski definition) is 0. The summed E-state index contributed by atoms with van der Waals surface area (Å²) in [5.41, 5.74) is 3.97. The van der Waals surface area contributed by atoms with Gasteiger partial charge in [0.1, 0.15) is 18.2 Å². The molecule has 0 aliphatic carbocycles. The third-order valence-corrected chi connectivity index (χ3v) is 5.77. The molecule has 3 heterocycles. The third kappa shape index (κ3) is 3.48. The van der Waals surface area contributed by atoms with Gasteiger partial charge in [-0.1, -0.05) is 0 Å². The molecule has 0 atom stereocenters. The fourth-order valence-electron chi connectivity index (χ4n) is 3.35.